The molecule has 0 amide bonds. The minimum Gasteiger partial charge on any atom is -0.507 e. The maximum atomic E-state index is 10.3. The van der Waals surface area contributed by atoms with Gasteiger partial charge in [-0.2, -0.15) is 0 Å². The van der Waals surface area contributed by atoms with Crippen molar-refractivity contribution in [3.63, 3.8) is 0 Å². The quantitative estimate of drug-likeness (QED) is 0.506. The van der Waals surface area contributed by atoms with Crippen LogP contribution in [0.25, 0.3) is 32.9 Å². The molecule has 0 spiro atoms. The molecule has 0 saturated carbocycles. The minimum atomic E-state index is 0.283. The number of aromatic nitrogens is 1. The Hall–Kier alpha value is -2.87. The zero-order valence-electron chi connectivity index (χ0n) is 11.3. The van der Waals surface area contributed by atoms with E-state index in [9.17, 15) is 5.11 Å². The molecule has 0 fully saturated rings. The van der Waals surface area contributed by atoms with Gasteiger partial charge in [0.05, 0.1) is 11.0 Å². The second kappa shape index (κ2) is 4.60. The van der Waals surface area contributed by atoms with E-state index in [2.05, 4.69) is 6.07 Å². The van der Waals surface area contributed by atoms with Gasteiger partial charge in [0.2, 0.25) is 0 Å². The summed E-state index contributed by atoms with van der Waals surface area (Å²) in [5.74, 6) is 0.283. The van der Waals surface area contributed by atoms with E-state index in [1.807, 2.05) is 60.7 Å². The lowest BCUT2D eigenvalue weighted by molar-refractivity contribution is 0.478. The first-order chi connectivity index (χ1) is 10.3. The topological polar surface area (TPSA) is 33.1 Å². The number of fused-ring (bicyclic) bond motifs is 2. The Morgan fingerprint density at radius 1 is 0.714 bits per heavy atom. The summed E-state index contributed by atoms with van der Waals surface area (Å²) in [6.45, 7) is 0. The smallest absolute Gasteiger partial charge is 0.124 e. The number of rotatable bonds is 1. The van der Waals surface area contributed by atoms with Gasteiger partial charge in [-0.3, -0.25) is 0 Å². The fourth-order valence-corrected chi connectivity index (χ4v) is 2.75. The minimum absolute atomic E-state index is 0.283. The first kappa shape index (κ1) is 11.9. The molecular formula is C19H13NO. The van der Waals surface area contributed by atoms with Crippen LogP contribution in [0.15, 0.2) is 72.8 Å². The summed E-state index contributed by atoms with van der Waals surface area (Å²) in [6, 6.07) is 23.6. The number of hydrogen-bond acceptors (Lipinski definition) is 2. The molecule has 0 unspecified atom stereocenters. The van der Waals surface area contributed by atoms with Gasteiger partial charge in [-0.05, 0) is 29.8 Å². The van der Waals surface area contributed by atoms with E-state index in [0.717, 1.165) is 32.9 Å². The van der Waals surface area contributed by atoms with E-state index in [4.69, 9.17) is 4.98 Å². The molecule has 0 saturated heterocycles. The van der Waals surface area contributed by atoms with Gasteiger partial charge < -0.3 is 5.11 Å². The first-order valence-corrected chi connectivity index (χ1v) is 6.90. The fourth-order valence-electron chi connectivity index (χ4n) is 2.75. The van der Waals surface area contributed by atoms with Crippen LogP contribution < -0.4 is 0 Å². The molecule has 21 heavy (non-hydrogen) atoms. The molecule has 0 aliphatic heterocycles. The molecule has 1 heterocycles. The van der Waals surface area contributed by atoms with Gasteiger partial charge in [0.1, 0.15) is 5.75 Å². The number of nitrogens with zero attached hydrogens (tertiary/aromatic N) is 1. The molecule has 0 aliphatic carbocycles. The molecule has 100 valence electrons. The molecule has 3 aromatic carbocycles. The lowest BCUT2D eigenvalue weighted by Gasteiger charge is -2.10. The van der Waals surface area contributed by atoms with Crippen molar-refractivity contribution in [2.24, 2.45) is 0 Å². The largest absolute Gasteiger partial charge is 0.507 e. The van der Waals surface area contributed by atoms with Crippen molar-refractivity contribution in [2.75, 3.05) is 0 Å². The Morgan fingerprint density at radius 2 is 1.48 bits per heavy atom. The predicted molar refractivity (Wildman–Crippen MR) is 86.3 cm³/mol. The highest BCUT2D eigenvalue weighted by molar-refractivity contribution is 6.03. The summed E-state index contributed by atoms with van der Waals surface area (Å²) in [5.41, 5.74) is 3.70. The van der Waals surface area contributed by atoms with E-state index in [0.29, 0.717) is 0 Å². The molecule has 2 nitrogen and oxygen atoms in total. The number of phenolic OH excluding ortho intramolecular Hbond substituents is 1. The molecule has 0 bridgehead atoms. The van der Waals surface area contributed by atoms with Gasteiger partial charge in [-0.15, -0.1) is 0 Å². The highest BCUT2D eigenvalue weighted by Crippen LogP contribution is 2.36. The highest BCUT2D eigenvalue weighted by Gasteiger charge is 2.11. The summed E-state index contributed by atoms with van der Waals surface area (Å²) in [7, 11) is 0. The third-order valence-corrected chi connectivity index (χ3v) is 3.74. The van der Waals surface area contributed by atoms with E-state index >= 15 is 0 Å². The number of para-hydroxylation sites is 1. The number of benzene rings is 3. The van der Waals surface area contributed by atoms with Crippen molar-refractivity contribution in [1.29, 1.82) is 0 Å². The summed E-state index contributed by atoms with van der Waals surface area (Å²) in [6.07, 6.45) is 0. The van der Waals surface area contributed by atoms with Crippen molar-refractivity contribution in [3.05, 3.63) is 72.8 Å². The number of pyridine rings is 1. The molecule has 4 rings (SSSR count). The van der Waals surface area contributed by atoms with Gasteiger partial charge in [-0.1, -0.05) is 48.5 Å². The van der Waals surface area contributed by atoms with Crippen LogP contribution in [0.3, 0.4) is 0 Å². The van der Waals surface area contributed by atoms with Crippen LogP contribution in [0.4, 0.5) is 0 Å². The van der Waals surface area contributed by atoms with Crippen molar-refractivity contribution < 1.29 is 5.11 Å². The maximum Gasteiger partial charge on any atom is 0.124 e. The Morgan fingerprint density at radius 3 is 2.33 bits per heavy atom. The standard InChI is InChI=1S/C19H13NO/c21-18-11-10-17-15(19(18)13-6-2-1-3-7-13)12-14-8-4-5-9-16(14)20-17/h1-12,21H. The van der Waals surface area contributed by atoms with E-state index in [-0.39, 0.29) is 5.75 Å². The van der Waals surface area contributed by atoms with E-state index in [1.54, 1.807) is 6.07 Å². The molecule has 1 N–H and O–H groups in total. The summed E-state index contributed by atoms with van der Waals surface area (Å²) in [5, 5.41) is 12.4. The zero-order chi connectivity index (χ0) is 14.2. The van der Waals surface area contributed by atoms with Crippen molar-refractivity contribution in [3.8, 4) is 16.9 Å². The lowest BCUT2D eigenvalue weighted by atomic mass is 9.98. The monoisotopic (exact) mass is 271 g/mol. The third kappa shape index (κ3) is 1.93. The van der Waals surface area contributed by atoms with E-state index < -0.39 is 0 Å². The van der Waals surface area contributed by atoms with Crippen LogP contribution in [-0.2, 0) is 0 Å². The number of aromatic hydroxyl groups is 1. The zero-order valence-corrected chi connectivity index (χ0v) is 11.3. The van der Waals surface area contributed by atoms with Gasteiger partial charge in [0, 0.05) is 16.3 Å². The van der Waals surface area contributed by atoms with Crippen LogP contribution in [0.2, 0.25) is 0 Å². The number of phenols is 1. The molecule has 1 aromatic heterocycles. The van der Waals surface area contributed by atoms with E-state index in [1.165, 1.54) is 0 Å². The van der Waals surface area contributed by atoms with Gasteiger partial charge >= 0.3 is 0 Å². The third-order valence-electron chi connectivity index (χ3n) is 3.74. The van der Waals surface area contributed by atoms with Gasteiger partial charge in [0.25, 0.3) is 0 Å². The van der Waals surface area contributed by atoms with Crippen molar-refractivity contribution in [1.82, 2.24) is 4.98 Å². The van der Waals surface area contributed by atoms with Crippen LogP contribution in [-0.4, -0.2) is 10.1 Å². The molecule has 2 heteroatoms. The molecule has 0 aliphatic rings. The molecule has 0 radical (unpaired) electrons. The molecule has 0 atom stereocenters. The fraction of sp³-hybridized carbons (Fsp3) is 0. The van der Waals surface area contributed by atoms with Crippen molar-refractivity contribution >= 4 is 21.8 Å². The van der Waals surface area contributed by atoms with Crippen LogP contribution >= 0.6 is 0 Å². The Kier molecular flexibility index (Phi) is 2.61. The molecular weight excluding hydrogens is 258 g/mol. The summed E-state index contributed by atoms with van der Waals surface area (Å²) < 4.78 is 0. The summed E-state index contributed by atoms with van der Waals surface area (Å²) in [4.78, 5) is 4.69. The average molecular weight is 271 g/mol. The first-order valence-electron chi connectivity index (χ1n) is 6.90. The number of hydrogen-bond donors (Lipinski definition) is 1. The highest BCUT2D eigenvalue weighted by atomic mass is 16.3. The Labute approximate surface area is 122 Å². The average Bonchev–Trinajstić information content (AvgIpc) is 2.54. The molecule has 4 aromatic rings. The second-order valence-electron chi connectivity index (χ2n) is 5.07. The Bertz CT molecular complexity index is 945. The van der Waals surface area contributed by atoms with Crippen LogP contribution in [0.1, 0.15) is 0 Å². The predicted octanol–water partition coefficient (Wildman–Crippen LogP) is 4.76. The van der Waals surface area contributed by atoms with Crippen LogP contribution in [0, 0.1) is 0 Å². The van der Waals surface area contributed by atoms with Gasteiger partial charge in [-0.25, -0.2) is 4.98 Å². The van der Waals surface area contributed by atoms with Crippen LogP contribution in [0.5, 0.6) is 5.75 Å². The maximum absolute atomic E-state index is 10.3. The second-order valence-corrected chi connectivity index (χ2v) is 5.07. The lowest BCUT2D eigenvalue weighted by Crippen LogP contribution is -1.87. The SMILES string of the molecule is Oc1ccc2nc3ccccc3cc2c1-c1ccccc1. The van der Waals surface area contributed by atoms with Gasteiger partial charge in [0.15, 0.2) is 0 Å². The Balaban J connectivity index is 2.14. The normalized spacial score (nSPS) is 11.0. The summed E-state index contributed by atoms with van der Waals surface area (Å²) >= 11 is 0. The van der Waals surface area contributed by atoms with Crippen molar-refractivity contribution in [2.45, 2.75) is 0 Å².